The lowest BCUT2D eigenvalue weighted by atomic mass is 9.83. The molecule has 0 saturated heterocycles. The van der Waals surface area contributed by atoms with Gasteiger partial charge in [-0.3, -0.25) is 15.6 Å². The second-order valence-electron chi connectivity index (χ2n) is 5.31. The number of hydrogen-bond donors (Lipinski definition) is 3. The molecule has 104 valence electrons. The second-order valence-corrected chi connectivity index (χ2v) is 5.31. The van der Waals surface area contributed by atoms with E-state index < -0.39 is 0 Å². The van der Waals surface area contributed by atoms with E-state index in [0.29, 0.717) is 11.3 Å². The number of nitrogens with one attached hydrogen (secondary N) is 2. The number of aromatic nitrogens is 1. The molecule has 0 bridgehead atoms. The SMILES string of the molecule is CCC1(CNC(=O)c2cnccc2NN)CCCC1. The molecule has 5 nitrogen and oxygen atoms in total. The van der Waals surface area contributed by atoms with Crippen LogP contribution in [0.3, 0.4) is 0 Å². The van der Waals surface area contributed by atoms with Crippen molar-refractivity contribution < 1.29 is 4.79 Å². The zero-order chi connectivity index (χ0) is 13.7. The highest BCUT2D eigenvalue weighted by Gasteiger charge is 2.32. The van der Waals surface area contributed by atoms with Crippen molar-refractivity contribution in [2.24, 2.45) is 11.3 Å². The van der Waals surface area contributed by atoms with Crippen LogP contribution in [-0.2, 0) is 0 Å². The summed E-state index contributed by atoms with van der Waals surface area (Å²) in [6, 6.07) is 1.69. The minimum atomic E-state index is -0.110. The zero-order valence-corrected chi connectivity index (χ0v) is 11.4. The summed E-state index contributed by atoms with van der Waals surface area (Å²) in [5.41, 5.74) is 3.91. The molecule has 1 aromatic heterocycles. The van der Waals surface area contributed by atoms with E-state index in [1.807, 2.05) is 0 Å². The second kappa shape index (κ2) is 6.02. The maximum absolute atomic E-state index is 12.2. The van der Waals surface area contributed by atoms with Gasteiger partial charge < -0.3 is 10.7 Å². The van der Waals surface area contributed by atoms with Gasteiger partial charge in [0.05, 0.1) is 11.3 Å². The van der Waals surface area contributed by atoms with Crippen molar-refractivity contribution in [2.75, 3.05) is 12.0 Å². The van der Waals surface area contributed by atoms with E-state index in [4.69, 9.17) is 5.84 Å². The summed E-state index contributed by atoms with van der Waals surface area (Å²) in [4.78, 5) is 16.2. The van der Waals surface area contributed by atoms with Gasteiger partial charge in [0.25, 0.3) is 5.91 Å². The molecule has 2 rings (SSSR count). The third-order valence-electron chi connectivity index (χ3n) is 4.26. The lowest BCUT2D eigenvalue weighted by Crippen LogP contribution is -2.36. The first-order chi connectivity index (χ1) is 9.21. The Balaban J connectivity index is 2.01. The number of carbonyl (C=O) groups excluding carboxylic acids is 1. The first kappa shape index (κ1) is 13.8. The molecular weight excluding hydrogens is 240 g/mol. The van der Waals surface area contributed by atoms with Crippen LogP contribution in [0.1, 0.15) is 49.4 Å². The van der Waals surface area contributed by atoms with Crippen LogP contribution in [0.2, 0.25) is 0 Å². The lowest BCUT2D eigenvalue weighted by Gasteiger charge is -2.27. The van der Waals surface area contributed by atoms with E-state index >= 15 is 0 Å². The summed E-state index contributed by atoms with van der Waals surface area (Å²) < 4.78 is 0. The normalized spacial score (nSPS) is 17.2. The summed E-state index contributed by atoms with van der Waals surface area (Å²) in [6.07, 6.45) is 9.21. The van der Waals surface area contributed by atoms with Gasteiger partial charge in [-0.2, -0.15) is 0 Å². The molecular formula is C14H22N4O. The van der Waals surface area contributed by atoms with E-state index in [2.05, 4.69) is 22.7 Å². The molecule has 1 aromatic rings. The fourth-order valence-electron chi connectivity index (χ4n) is 2.84. The smallest absolute Gasteiger partial charge is 0.255 e. The van der Waals surface area contributed by atoms with Gasteiger partial charge in [-0.05, 0) is 30.7 Å². The number of nitrogens with two attached hydrogens (primary N) is 1. The largest absolute Gasteiger partial charge is 0.351 e. The first-order valence-corrected chi connectivity index (χ1v) is 6.89. The fourth-order valence-corrected chi connectivity index (χ4v) is 2.84. The molecule has 1 aliphatic carbocycles. The van der Waals surface area contributed by atoms with Crippen LogP contribution in [0.15, 0.2) is 18.5 Å². The van der Waals surface area contributed by atoms with E-state index in [0.717, 1.165) is 13.0 Å². The number of rotatable bonds is 5. The first-order valence-electron chi connectivity index (χ1n) is 6.89. The topological polar surface area (TPSA) is 80.0 Å². The summed E-state index contributed by atoms with van der Waals surface area (Å²) in [7, 11) is 0. The molecule has 0 radical (unpaired) electrons. The summed E-state index contributed by atoms with van der Waals surface area (Å²) in [5.74, 6) is 5.29. The Labute approximate surface area is 114 Å². The predicted octanol–water partition coefficient (Wildman–Crippen LogP) is 2.07. The fraction of sp³-hybridized carbons (Fsp3) is 0.571. The molecule has 1 saturated carbocycles. The number of nitrogens with zero attached hydrogens (tertiary/aromatic N) is 1. The van der Waals surface area contributed by atoms with Crippen LogP contribution >= 0.6 is 0 Å². The quantitative estimate of drug-likeness (QED) is 0.560. The highest BCUT2D eigenvalue weighted by Crippen LogP contribution is 2.40. The van der Waals surface area contributed by atoms with Crippen LogP contribution in [0.25, 0.3) is 0 Å². The number of pyridine rings is 1. The van der Waals surface area contributed by atoms with Crippen LogP contribution in [0.5, 0.6) is 0 Å². The monoisotopic (exact) mass is 262 g/mol. The average molecular weight is 262 g/mol. The van der Waals surface area contributed by atoms with Crippen molar-refractivity contribution in [1.29, 1.82) is 0 Å². The predicted molar refractivity (Wildman–Crippen MR) is 75.6 cm³/mol. The number of amides is 1. The number of hydrogen-bond acceptors (Lipinski definition) is 4. The van der Waals surface area contributed by atoms with Gasteiger partial charge in [-0.1, -0.05) is 19.8 Å². The molecule has 4 N–H and O–H groups in total. The molecule has 0 atom stereocenters. The highest BCUT2D eigenvalue weighted by atomic mass is 16.1. The van der Waals surface area contributed by atoms with Crippen molar-refractivity contribution >= 4 is 11.6 Å². The Morgan fingerprint density at radius 3 is 2.84 bits per heavy atom. The lowest BCUT2D eigenvalue weighted by molar-refractivity contribution is 0.0929. The molecule has 1 fully saturated rings. The van der Waals surface area contributed by atoms with Gasteiger partial charge in [0.15, 0.2) is 0 Å². The van der Waals surface area contributed by atoms with Crippen LogP contribution in [0, 0.1) is 5.41 Å². The maximum Gasteiger partial charge on any atom is 0.255 e. The van der Waals surface area contributed by atoms with Crippen molar-refractivity contribution in [3.05, 3.63) is 24.0 Å². The zero-order valence-electron chi connectivity index (χ0n) is 11.4. The third kappa shape index (κ3) is 3.04. The van der Waals surface area contributed by atoms with Gasteiger partial charge in [0, 0.05) is 18.9 Å². The molecule has 1 aliphatic rings. The Morgan fingerprint density at radius 1 is 1.47 bits per heavy atom. The van der Waals surface area contributed by atoms with E-state index in [-0.39, 0.29) is 11.3 Å². The standard InChI is InChI=1S/C14H22N4O/c1-2-14(6-3-4-7-14)10-17-13(19)11-9-16-8-5-12(11)18-15/h5,8-9H,2-4,6-7,10,15H2,1H3,(H,16,18)(H,17,19). The Bertz CT molecular complexity index is 441. The molecule has 0 aromatic carbocycles. The molecule has 0 unspecified atom stereocenters. The molecule has 1 amide bonds. The Kier molecular flexibility index (Phi) is 4.37. The number of nitrogen functional groups attached to an aromatic ring is 1. The van der Waals surface area contributed by atoms with Gasteiger partial charge in [0.1, 0.15) is 0 Å². The minimum Gasteiger partial charge on any atom is -0.351 e. The van der Waals surface area contributed by atoms with Crippen LogP contribution in [-0.4, -0.2) is 17.4 Å². The van der Waals surface area contributed by atoms with Crippen LogP contribution < -0.4 is 16.6 Å². The van der Waals surface area contributed by atoms with E-state index in [1.165, 1.54) is 31.9 Å². The van der Waals surface area contributed by atoms with Crippen molar-refractivity contribution in [1.82, 2.24) is 10.3 Å². The maximum atomic E-state index is 12.2. The van der Waals surface area contributed by atoms with Crippen molar-refractivity contribution in [3.63, 3.8) is 0 Å². The molecule has 1 heterocycles. The molecule has 19 heavy (non-hydrogen) atoms. The molecule has 0 spiro atoms. The van der Waals surface area contributed by atoms with Gasteiger partial charge in [-0.15, -0.1) is 0 Å². The molecule has 0 aliphatic heterocycles. The Morgan fingerprint density at radius 2 is 2.21 bits per heavy atom. The minimum absolute atomic E-state index is 0.110. The summed E-state index contributed by atoms with van der Waals surface area (Å²) in [6.45, 7) is 2.94. The Hall–Kier alpha value is -1.62. The van der Waals surface area contributed by atoms with E-state index in [9.17, 15) is 4.79 Å². The summed E-state index contributed by atoms with van der Waals surface area (Å²) >= 11 is 0. The number of carbonyl (C=O) groups is 1. The number of hydrazine groups is 1. The average Bonchev–Trinajstić information content (AvgIpc) is 2.94. The van der Waals surface area contributed by atoms with Crippen molar-refractivity contribution in [3.8, 4) is 0 Å². The van der Waals surface area contributed by atoms with Gasteiger partial charge in [-0.25, -0.2) is 0 Å². The molecule has 5 heteroatoms. The highest BCUT2D eigenvalue weighted by molar-refractivity contribution is 5.99. The third-order valence-corrected chi connectivity index (χ3v) is 4.26. The number of anilines is 1. The summed E-state index contributed by atoms with van der Waals surface area (Å²) in [5, 5.41) is 3.03. The van der Waals surface area contributed by atoms with Crippen LogP contribution in [0.4, 0.5) is 5.69 Å². The van der Waals surface area contributed by atoms with Gasteiger partial charge >= 0.3 is 0 Å². The van der Waals surface area contributed by atoms with Crippen molar-refractivity contribution in [2.45, 2.75) is 39.0 Å². The van der Waals surface area contributed by atoms with E-state index in [1.54, 1.807) is 12.3 Å². The van der Waals surface area contributed by atoms with Gasteiger partial charge in [0.2, 0.25) is 0 Å².